The molecule has 114 valence electrons. The Morgan fingerprint density at radius 2 is 2.24 bits per heavy atom. The number of fused-ring (bicyclic) bond motifs is 1. The number of rotatable bonds is 4. The molecule has 3 rings (SSSR count). The second-order valence-electron chi connectivity index (χ2n) is 5.65. The molecule has 0 bridgehead atoms. The highest BCUT2D eigenvalue weighted by atomic mass is 35.5. The number of methoxy groups -OCH3 is 1. The summed E-state index contributed by atoms with van der Waals surface area (Å²) in [5, 5.41) is -0.146. The van der Waals surface area contributed by atoms with E-state index in [9.17, 15) is 0 Å². The summed E-state index contributed by atoms with van der Waals surface area (Å²) in [5.41, 5.74) is 1.96. The number of ether oxygens (including phenoxy) is 2. The van der Waals surface area contributed by atoms with Gasteiger partial charge in [0.05, 0.1) is 24.6 Å². The van der Waals surface area contributed by atoms with Crippen molar-refractivity contribution in [3.63, 3.8) is 0 Å². The van der Waals surface area contributed by atoms with Crippen molar-refractivity contribution < 1.29 is 9.47 Å². The van der Waals surface area contributed by atoms with E-state index in [1.807, 2.05) is 19.1 Å². The smallest absolute Gasteiger partial charge is 0.146 e. The molecule has 3 unspecified atom stereocenters. The maximum absolute atomic E-state index is 6.37. The fourth-order valence-electron chi connectivity index (χ4n) is 3.13. The van der Waals surface area contributed by atoms with Gasteiger partial charge >= 0.3 is 0 Å². The Bertz CT molecular complexity index is 632. The van der Waals surface area contributed by atoms with E-state index in [1.165, 1.54) is 0 Å². The second kappa shape index (κ2) is 5.85. The molecule has 0 spiro atoms. The number of hydrogen-bond acceptors (Lipinski definition) is 3. The highest BCUT2D eigenvalue weighted by Crippen LogP contribution is 2.36. The lowest BCUT2D eigenvalue weighted by Crippen LogP contribution is -2.19. The number of hydrogen-bond donors (Lipinski definition) is 0. The minimum absolute atomic E-state index is 0.146. The minimum atomic E-state index is -0.146. The van der Waals surface area contributed by atoms with Crippen LogP contribution in [0.2, 0.25) is 0 Å². The maximum atomic E-state index is 6.37. The molecule has 0 radical (unpaired) electrons. The van der Waals surface area contributed by atoms with Crippen LogP contribution in [0.5, 0.6) is 5.75 Å². The van der Waals surface area contributed by atoms with Crippen molar-refractivity contribution in [1.29, 1.82) is 0 Å². The third kappa shape index (κ3) is 2.51. The van der Waals surface area contributed by atoms with E-state index in [0.29, 0.717) is 12.0 Å². The van der Waals surface area contributed by atoms with Crippen LogP contribution in [0.1, 0.15) is 37.5 Å². The van der Waals surface area contributed by atoms with E-state index >= 15 is 0 Å². The molecule has 2 heterocycles. The Kier molecular flexibility index (Phi) is 4.09. The van der Waals surface area contributed by atoms with Crippen LogP contribution < -0.4 is 4.74 Å². The number of nitrogens with zero attached hydrogens (tertiary/aromatic N) is 2. The lowest BCUT2D eigenvalue weighted by molar-refractivity contribution is 0.175. The van der Waals surface area contributed by atoms with Crippen LogP contribution in [0.25, 0.3) is 11.0 Å². The standard InChI is InChI=1S/C16H21ClN2O2/c1-10(17)16-18-15-13(5-4-6-14(15)20-3)19(16)11(2)12-7-8-21-9-12/h4-6,10-12H,7-9H2,1-3H3. The SMILES string of the molecule is COc1cccc2c1nc(C(C)Cl)n2C(C)C1CCOC1. The number of benzene rings is 1. The summed E-state index contributed by atoms with van der Waals surface area (Å²) in [6, 6.07) is 6.33. The van der Waals surface area contributed by atoms with Crippen molar-refractivity contribution in [2.75, 3.05) is 20.3 Å². The first-order valence-corrected chi connectivity index (χ1v) is 7.83. The van der Waals surface area contributed by atoms with E-state index in [4.69, 9.17) is 26.1 Å². The number of alkyl halides is 1. The molecule has 5 heteroatoms. The summed E-state index contributed by atoms with van der Waals surface area (Å²) in [7, 11) is 1.67. The van der Waals surface area contributed by atoms with Gasteiger partial charge in [-0.1, -0.05) is 6.07 Å². The monoisotopic (exact) mass is 308 g/mol. The Labute approximate surface area is 130 Å². The lowest BCUT2D eigenvalue weighted by Gasteiger charge is -2.23. The zero-order chi connectivity index (χ0) is 15.0. The fraction of sp³-hybridized carbons (Fsp3) is 0.562. The molecule has 3 atom stereocenters. The van der Waals surface area contributed by atoms with Crippen LogP contribution in [-0.2, 0) is 4.74 Å². The average Bonchev–Trinajstić information content (AvgIpc) is 3.13. The van der Waals surface area contributed by atoms with Crippen molar-refractivity contribution in [2.45, 2.75) is 31.7 Å². The van der Waals surface area contributed by atoms with Crippen molar-refractivity contribution in [3.05, 3.63) is 24.0 Å². The second-order valence-corrected chi connectivity index (χ2v) is 6.30. The lowest BCUT2D eigenvalue weighted by atomic mass is 10.00. The van der Waals surface area contributed by atoms with Gasteiger partial charge in [0.15, 0.2) is 0 Å². The summed E-state index contributed by atoms with van der Waals surface area (Å²) >= 11 is 6.37. The Morgan fingerprint density at radius 3 is 2.86 bits per heavy atom. The Morgan fingerprint density at radius 1 is 1.43 bits per heavy atom. The normalized spacial score (nSPS) is 21.6. The predicted molar refractivity (Wildman–Crippen MR) is 84.2 cm³/mol. The molecule has 1 aromatic heterocycles. The van der Waals surface area contributed by atoms with Gasteiger partial charge in [0.2, 0.25) is 0 Å². The summed E-state index contributed by atoms with van der Waals surface area (Å²) < 4.78 is 13.2. The number of aromatic nitrogens is 2. The molecule has 0 saturated carbocycles. The van der Waals surface area contributed by atoms with Crippen molar-refractivity contribution in [3.8, 4) is 5.75 Å². The van der Waals surface area contributed by atoms with Gasteiger partial charge in [-0.25, -0.2) is 4.98 Å². The minimum Gasteiger partial charge on any atom is -0.494 e. The Hall–Kier alpha value is -1.26. The van der Waals surface area contributed by atoms with Crippen LogP contribution in [0.15, 0.2) is 18.2 Å². The topological polar surface area (TPSA) is 36.3 Å². The predicted octanol–water partition coefficient (Wildman–Crippen LogP) is 3.94. The molecule has 21 heavy (non-hydrogen) atoms. The van der Waals surface area contributed by atoms with E-state index in [2.05, 4.69) is 17.6 Å². The van der Waals surface area contributed by atoms with Crippen molar-refractivity contribution >= 4 is 22.6 Å². The molecular weight excluding hydrogens is 288 g/mol. The highest BCUT2D eigenvalue weighted by Gasteiger charge is 2.28. The summed E-state index contributed by atoms with van der Waals surface area (Å²) in [4.78, 5) is 4.74. The maximum Gasteiger partial charge on any atom is 0.146 e. The zero-order valence-electron chi connectivity index (χ0n) is 12.7. The van der Waals surface area contributed by atoms with Gasteiger partial charge in [0.25, 0.3) is 0 Å². The summed E-state index contributed by atoms with van der Waals surface area (Å²) in [6.45, 7) is 5.84. The largest absolute Gasteiger partial charge is 0.494 e. The van der Waals surface area contributed by atoms with Crippen LogP contribution in [0.4, 0.5) is 0 Å². The number of imidazole rings is 1. The van der Waals surface area contributed by atoms with Gasteiger partial charge < -0.3 is 14.0 Å². The average molecular weight is 309 g/mol. The van der Waals surface area contributed by atoms with Crippen LogP contribution in [0, 0.1) is 5.92 Å². The molecule has 0 aliphatic carbocycles. The van der Waals surface area contributed by atoms with Gasteiger partial charge in [-0.15, -0.1) is 11.6 Å². The Balaban J connectivity index is 2.16. The van der Waals surface area contributed by atoms with E-state index in [-0.39, 0.29) is 5.38 Å². The third-order valence-corrected chi connectivity index (χ3v) is 4.54. The molecule has 1 aliphatic rings. The molecule has 1 saturated heterocycles. The molecule has 0 amide bonds. The molecule has 0 N–H and O–H groups in total. The number of para-hydroxylation sites is 1. The molecule has 1 aliphatic heterocycles. The van der Waals surface area contributed by atoms with E-state index in [1.54, 1.807) is 7.11 Å². The quantitative estimate of drug-likeness (QED) is 0.803. The van der Waals surface area contributed by atoms with E-state index in [0.717, 1.165) is 42.2 Å². The molecule has 1 aromatic carbocycles. The van der Waals surface area contributed by atoms with Gasteiger partial charge in [-0.3, -0.25) is 0 Å². The van der Waals surface area contributed by atoms with Crippen molar-refractivity contribution in [1.82, 2.24) is 9.55 Å². The van der Waals surface area contributed by atoms with Crippen molar-refractivity contribution in [2.24, 2.45) is 5.92 Å². The summed E-state index contributed by atoms with van der Waals surface area (Å²) in [6.07, 6.45) is 1.08. The highest BCUT2D eigenvalue weighted by molar-refractivity contribution is 6.20. The third-order valence-electron chi connectivity index (χ3n) is 4.34. The molecular formula is C16H21ClN2O2. The van der Waals surface area contributed by atoms with Crippen LogP contribution in [-0.4, -0.2) is 29.9 Å². The van der Waals surface area contributed by atoms with Gasteiger partial charge in [0.1, 0.15) is 17.1 Å². The summed E-state index contributed by atoms with van der Waals surface area (Å²) in [5.74, 6) is 2.19. The first-order valence-electron chi connectivity index (χ1n) is 7.40. The molecule has 1 fully saturated rings. The van der Waals surface area contributed by atoms with Gasteiger partial charge in [-0.05, 0) is 32.4 Å². The van der Waals surface area contributed by atoms with E-state index < -0.39 is 0 Å². The molecule has 4 nitrogen and oxygen atoms in total. The van der Waals surface area contributed by atoms with Crippen LogP contribution >= 0.6 is 11.6 Å². The first-order chi connectivity index (χ1) is 10.1. The first kappa shape index (κ1) is 14.7. The number of halogens is 1. The fourth-order valence-corrected chi connectivity index (χ4v) is 3.28. The molecule has 2 aromatic rings. The van der Waals surface area contributed by atoms with Crippen LogP contribution in [0.3, 0.4) is 0 Å². The van der Waals surface area contributed by atoms with Gasteiger partial charge in [-0.2, -0.15) is 0 Å². The zero-order valence-corrected chi connectivity index (χ0v) is 13.4. The van der Waals surface area contributed by atoms with Gasteiger partial charge in [0, 0.05) is 18.6 Å².